The predicted octanol–water partition coefficient (Wildman–Crippen LogP) is 3.01. The first-order chi connectivity index (χ1) is 8.02. The van der Waals surface area contributed by atoms with Crippen molar-refractivity contribution in [3.05, 3.63) is 23.6 Å². The van der Waals surface area contributed by atoms with Gasteiger partial charge in [-0.1, -0.05) is 18.2 Å². The maximum absolute atomic E-state index is 13.0. The molecular weight excluding hydrogens is 248 g/mol. The molecule has 92 valence electrons. The van der Waals surface area contributed by atoms with E-state index in [0.29, 0.717) is 11.5 Å². The van der Waals surface area contributed by atoms with Gasteiger partial charge >= 0.3 is 0 Å². The van der Waals surface area contributed by atoms with Crippen LogP contribution in [0, 0.1) is 0 Å². The molecule has 1 aromatic rings. The zero-order chi connectivity index (χ0) is 12.5. The Morgan fingerprint density at radius 1 is 1.41 bits per heavy atom. The molecule has 1 aliphatic heterocycles. The minimum absolute atomic E-state index is 0.157. The van der Waals surface area contributed by atoms with Gasteiger partial charge in [-0.25, -0.2) is 18.7 Å². The Morgan fingerprint density at radius 3 is 2.59 bits per heavy atom. The van der Waals surface area contributed by atoms with Crippen LogP contribution in [-0.2, 0) is 0 Å². The van der Waals surface area contributed by atoms with Crippen LogP contribution in [0.3, 0.4) is 0 Å². The van der Waals surface area contributed by atoms with Gasteiger partial charge < -0.3 is 4.90 Å². The Bertz CT molecular complexity index is 427. The molecule has 0 radical (unpaired) electrons. The number of rotatable bonds is 2. The van der Waals surface area contributed by atoms with Gasteiger partial charge in [0.25, 0.3) is 5.92 Å². The summed E-state index contributed by atoms with van der Waals surface area (Å²) < 4.78 is 26.0. The summed E-state index contributed by atoms with van der Waals surface area (Å²) >= 11 is 5.89. The smallest absolute Gasteiger partial charge is 0.251 e. The van der Waals surface area contributed by atoms with Gasteiger partial charge in [0.15, 0.2) is 5.15 Å². The van der Waals surface area contributed by atoms with E-state index in [1.54, 1.807) is 4.90 Å². The molecule has 1 fully saturated rings. The molecule has 0 N–H and O–H groups in total. The molecule has 0 bridgehead atoms. The maximum atomic E-state index is 13.0. The van der Waals surface area contributed by atoms with E-state index >= 15 is 0 Å². The fraction of sp³-hybridized carbons (Fsp3) is 0.455. The SMILES string of the molecule is C=Cc1ncc(N2CCC(F)(F)CC2)nc1Cl. The van der Waals surface area contributed by atoms with Crippen molar-refractivity contribution < 1.29 is 8.78 Å². The van der Waals surface area contributed by atoms with Gasteiger partial charge in [0, 0.05) is 25.9 Å². The van der Waals surface area contributed by atoms with Crippen LogP contribution in [-0.4, -0.2) is 29.0 Å². The van der Waals surface area contributed by atoms with Crippen molar-refractivity contribution in [2.45, 2.75) is 18.8 Å². The van der Waals surface area contributed by atoms with E-state index in [2.05, 4.69) is 16.5 Å². The highest BCUT2D eigenvalue weighted by atomic mass is 35.5. The van der Waals surface area contributed by atoms with Gasteiger partial charge in [-0.05, 0) is 6.08 Å². The molecule has 0 amide bonds. The minimum Gasteiger partial charge on any atom is -0.355 e. The van der Waals surface area contributed by atoms with Gasteiger partial charge in [-0.3, -0.25) is 0 Å². The second-order valence-corrected chi connectivity index (χ2v) is 4.31. The van der Waals surface area contributed by atoms with E-state index in [9.17, 15) is 8.78 Å². The summed E-state index contributed by atoms with van der Waals surface area (Å²) in [4.78, 5) is 9.96. The highest BCUT2D eigenvalue weighted by Gasteiger charge is 2.34. The molecule has 1 saturated heterocycles. The number of aromatic nitrogens is 2. The van der Waals surface area contributed by atoms with Crippen LogP contribution in [0.5, 0.6) is 0 Å². The molecule has 0 atom stereocenters. The van der Waals surface area contributed by atoms with E-state index in [1.807, 2.05) is 0 Å². The van der Waals surface area contributed by atoms with Crippen molar-refractivity contribution in [3.8, 4) is 0 Å². The molecule has 0 unspecified atom stereocenters. The fourth-order valence-electron chi connectivity index (χ4n) is 1.72. The molecule has 0 spiro atoms. The Morgan fingerprint density at radius 2 is 2.06 bits per heavy atom. The first-order valence-electron chi connectivity index (χ1n) is 5.29. The molecule has 1 aromatic heterocycles. The summed E-state index contributed by atoms with van der Waals surface area (Å²) in [7, 11) is 0. The van der Waals surface area contributed by atoms with Crippen molar-refractivity contribution in [2.75, 3.05) is 18.0 Å². The van der Waals surface area contributed by atoms with Crippen LogP contribution in [0.1, 0.15) is 18.5 Å². The lowest BCUT2D eigenvalue weighted by molar-refractivity contribution is -0.0221. The van der Waals surface area contributed by atoms with Crippen molar-refractivity contribution >= 4 is 23.5 Å². The molecule has 3 nitrogen and oxygen atoms in total. The van der Waals surface area contributed by atoms with E-state index in [1.165, 1.54) is 12.3 Å². The second-order valence-electron chi connectivity index (χ2n) is 3.95. The third-order valence-electron chi connectivity index (χ3n) is 2.76. The average molecular weight is 260 g/mol. The highest BCUT2D eigenvalue weighted by molar-refractivity contribution is 6.30. The van der Waals surface area contributed by atoms with Gasteiger partial charge in [0.05, 0.1) is 11.9 Å². The van der Waals surface area contributed by atoms with Crippen molar-refractivity contribution in [2.24, 2.45) is 0 Å². The van der Waals surface area contributed by atoms with E-state index in [-0.39, 0.29) is 31.1 Å². The van der Waals surface area contributed by atoms with Crippen LogP contribution in [0.4, 0.5) is 14.6 Å². The summed E-state index contributed by atoms with van der Waals surface area (Å²) in [6.07, 6.45) is 2.72. The number of halogens is 3. The molecule has 17 heavy (non-hydrogen) atoms. The molecular formula is C11H12ClF2N3. The van der Waals surface area contributed by atoms with Crippen molar-refractivity contribution in [1.29, 1.82) is 0 Å². The lowest BCUT2D eigenvalue weighted by Crippen LogP contribution is -2.39. The minimum atomic E-state index is -2.56. The van der Waals surface area contributed by atoms with Crippen molar-refractivity contribution in [1.82, 2.24) is 9.97 Å². The topological polar surface area (TPSA) is 29.0 Å². The maximum Gasteiger partial charge on any atom is 0.251 e. The lowest BCUT2D eigenvalue weighted by Gasteiger charge is -2.32. The lowest BCUT2D eigenvalue weighted by atomic mass is 10.1. The van der Waals surface area contributed by atoms with E-state index < -0.39 is 5.92 Å². The first-order valence-corrected chi connectivity index (χ1v) is 5.67. The Kier molecular flexibility index (Phi) is 3.28. The predicted molar refractivity (Wildman–Crippen MR) is 63.5 cm³/mol. The van der Waals surface area contributed by atoms with E-state index in [4.69, 9.17) is 11.6 Å². The quantitative estimate of drug-likeness (QED) is 0.818. The normalized spacial score (nSPS) is 19.1. The molecule has 2 heterocycles. The molecule has 0 aliphatic carbocycles. The number of hydrogen-bond donors (Lipinski definition) is 0. The summed E-state index contributed by atoms with van der Waals surface area (Å²) in [5, 5.41) is 0.245. The van der Waals surface area contributed by atoms with Gasteiger partial charge in [0.1, 0.15) is 5.82 Å². The monoisotopic (exact) mass is 259 g/mol. The zero-order valence-corrected chi connectivity index (χ0v) is 9.92. The first kappa shape index (κ1) is 12.2. The summed E-state index contributed by atoms with van der Waals surface area (Å²) in [6.45, 7) is 4.09. The molecule has 0 saturated carbocycles. The van der Waals surface area contributed by atoms with Crippen LogP contribution in [0.2, 0.25) is 5.15 Å². The van der Waals surface area contributed by atoms with Crippen LogP contribution < -0.4 is 4.90 Å². The largest absolute Gasteiger partial charge is 0.355 e. The highest BCUT2D eigenvalue weighted by Crippen LogP contribution is 2.30. The molecule has 0 aromatic carbocycles. The molecule has 6 heteroatoms. The fourth-order valence-corrected chi connectivity index (χ4v) is 1.93. The third-order valence-corrected chi connectivity index (χ3v) is 3.03. The number of piperidine rings is 1. The standard InChI is InChI=1S/C11H12ClF2N3/c1-2-8-10(12)16-9(7-15-8)17-5-3-11(13,14)4-6-17/h2,7H,1,3-6H2. The Labute approximate surface area is 103 Å². The van der Waals surface area contributed by atoms with Crippen molar-refractivity contribution in [3.63, 3.8) is 0 Å². The number of nitrogens with zero attached hydrogens (tertiary/aromatic N) is 3. The number of anilines is 1. The summed E-state index contributed by atoms with van der Waals surface area (Å²) in [6, 6.07) is 0. The molecule has 1 aliphatic rings. The Hall–Kier alpha value is -1.23. The zero-order valence-electron chi connectivity index (χ0n) is 9.17. The van der Waals surface area contributed by atoms with Crippen LogP contribution in [0.15, 0.2) is 12.8 Å². The Balaban J connectivity index is 2.14. The van der Waals surface area contributed by atoms with Gasteiger partial charge in [-0.15, -0.1) is 0 Å². The van der Waals surface area contributed by atoms with Crippen LogP contribution >= 0.6 is 11.6 Å². The van der Waals surface area contributed by atoms with E-state index in [0.717, 1.165) is 0 Å². The average Bonchev–Trinajstić information content (AvgIpc) is 2.29. The third kappa shape index (κ3) is 2.72. The van der Waals surface area contributed by atoms with Crippen LogP contribution in [0.25, 0.3) is 6.08 Å². The second kappa shape index (κ2) is 4.56. The summed E-state index contributed by atoms with van der Waals surface area (Å²) in [5.74, 6) is -2.02. The van der Waals surface area contributed by atoms with Gasteiger partial charge in [-0.2, -0.15) is 0 Å². The van der Waals surface area contributed by atoms with Gasteiger partial charge in [0.2, 0.25) is 0 Å². The number of alkyl halides is 2. The number of hydrogen-bond acceptors (Lipinski definition) is 3. The molecule has 2 rings (SSSR count). The summed E-state index contributed by atoms with van der Waals surface area (Å²) in [5.41, 5.74) is 0.498.